The van der Waals surface area contributed by atoms with Crippen LogP contribution in [0, 0.1) is 6.92 Å². The molecular weight excluding hydrogens is 348 g/mol. The highest BCUT2D eigenvalue weighted by atomic mass is 35.5. The molecule has 0 heterocycles. The number of anilines is 1. The van der Waals surface area contributed by atoms with Crippen molar-refractivity contribution >= 4 is 33.2 Å². The number of benzene rings is 2. The number of amides is 1. The SMILES string of the molecule is Cc1ccccc1CNC(=O)c1cc(N(C)S(C)(=O)=O)ccc1Cl. The Labute approximate surface area is 147 Å². The monoisotopic (exact) mass is 366 g/mol. The predicted molar refractivity (Wildman–Crippen MR) is 97.0 cm³/mol. The van der Waals surface area contributed by atoms with Crippen LogP contribution in [-0.4, -0.2) is 27.6 Å². The molecule has 2 rings (SSSR count). The van der Waals surface area contributed by atoms with Crippen molar-refractivity contribution in [1.29, 1.82) is 0 Å². The third-order valence-electron chi connectivity index (χ3n) is 3.76. The molecular formula is C17H19ClN2O3S. The minimum atomic E-state index is -3.41. The Morgan fingerprint density at radius 2 is 1.88 bits per heavy atom. The van der Waals surface area contributed by atoms with Gasteiger partial charge in [0, 0.05) is 13.6 Å². The van der Waals surface area contributed by atoms with E-state index in [9.17, 15) is 13.2 Å². The van der Waals surface area contributed by atoms with Gasteiger partial charge in [-0.3, -0.25) is 9.10 Å². The first-order chi connectivity index (χ1) is 11.2. The molecule has 0 atom stereocenters. The van der Waals surface area contributed by atoms with Crippen molar-refractivity contribution in [3.05, 3.63) is 64.2 Å². The molecule has 7 heteroatoms. The molecule has 0 saturated carbocycles. The smallest absolute Gasteiger partial charge is 0.253 e. The van der Waals surface area contributed by atoms with Crippen LogP contribution in [0.25, 0.3) is 0 Å². The van der Waals surface area contributed by atoms with Crippen LogP contribution in [0.3, 0.4) is 0 Å². The molecule has 0 unspecified atom stereocenters. The number of nitrogens with one attached hydrogen (secondary N) is 1. The Morgan fingerprint density at radius 3 is 2.50 bits per heavy atom. The molecule has 128 valence electrons. The summed E-state index contributed by atoms with van der Waals surface area (Å²) in [6.07, 6.45) is 1.10. The largest absolute Gasteiger partial charge is 0.348 e. The van der Waals surface area contributed by atoms with Crippen LogP contribution >= 0.6 is 11.6 Å². The molecule has 1 N–H and O–H groups in total. The standard InChI is InChI=1S/C17H19ClN2O3S/c1-12-6-4-5-7-13(12)11-19-17(21)15-10-14(8-9-16(15)18)20(2)24(3,22)23/h4-10H,11H2,1-3H3,(H,19,21). The molecule has 0 aliphatic carbocycles. The highest BCUT2D eigenvalue weighted by Gasteiger charge is 2.17. The van der Waals surface area contributed by atoms with E-state index in [0.29, 0.717) is 12.2 Å². The summed E-state index contributed by atoms with van der Waals surface area (Å²) in [5, 5.41) is 3.08. The lowest BCUT2D eigenvalue weighted by Crippen LogP contribution is -2.26. The Morgan fingerprint density at radius 1 is 1.21 bits per heavy atom. The Balaban J connectivity index is 2.21. The highest BCUT2D eigenvalue weighted by molar-refractivity contribution is 7.92. The van der Waals surface area contributed by atoms with Gasteiger partial charge in [0.05, 0.1) is 22.5 Å². The maximum Gasteiger partial charge on any atom is 0.253 e. The number of carbonyl (C=O) groups is 1. The quantitative estimate of drug-likeness (QED) is 0.884. The topological polar surface area (TPSA) is 66.5 Å². The van der Waals surface area contributed by atoms with E-state index in [2.05, 4.69) is 5.32 Å². The third-order valence-corrected chi connectivity index (χ3v) is 5.29. The van der Waals surface area contributed by atoms with Crippen LogP contribution in [0.4, 0.5) is 5.69 Å². The van der Waals surface area contributed by atoms with Crippen LogP contribution in [0.5, 0.6) is 0 Å². The van der Waals surface area contributed by atoms with E-state index in [1.54, 1.807) is 6.07 Å². The lowest BCUT2D eigenvalue weighted by Gasteiger charge is -2.18. The maximum atomic E-state index is 12.4. The average molecular weight is 367 g/mol. The van der Waals surface area contributed by atoms with E-state index >= 15 is 0 Å². The summed E-state index contributed by atoms with van der Waals surface area (Å²) in [6, 6.07) is 12.3. The summed E-state index contributed by atoms with van der Waals surface area (Å²) in [7, 11) is -1.99. The fraction of sp³-hybridized carbons (Fsp3) is 0.235. The van der Waals surface area contributed by atoms with Crippen molar-refractivity contribution in [1.82, 2.24) is 5.32 Å². The lowest BCUT2D eigenvalue weighted by atomic mass is 10.1. The number of halogens is 1. The van der Waals surface area contributed by atoms with Crippen molar-refractivity contribution in [3.8, 4) is 0 Å². The fourth-order valence-electron chi connectivity index (χ4n) is 2.15. The summed E-state index contributed by atoms with van der Waals surface area (Å²) in [6.45, 7) is 2.34. The van der Waals surface area contributed by atoms with Crippen LogP contribution in [0.15, 0.2) is 42.5 Å². The number of hydrogen-bond donors (Lipinski definition) is 1. The number of rotatable bonds is 5. The van der Waals surface area contributed by atoms with Gasteiger partial charge in [0.2, 0.25) is 10.0 Å². The number of hydrogen-bond acceptors (Lipinski definition) is 3. The third kappa shape index (κ3) is 4.27. The van der Waals surface area contributed by atoms with Crippen molar-refractivity contribution < 1.29 is 13.2 Å². The molecule has 0 radical (unpaired) electrons. The molecule has 0 saturated heterocycles. The molecule has 0 spiro atoms. The lowest BCUT2D eigenvalue weighted by molar-refractivity contribution is 0.0951. The number of aryl methyl sites for hydroxylation is 1. The minimum absolute atomic E-state index is 0.234. The zero-order valence-corrected chi connectivity index (χ0v) is 15.3. The molecule has 0 aliphatic heterocycles. The number of sulfonamides is 1. The van der Waals surface area contributed by atoms with E-state index in [1.807, 2.05) is 31.2 Å². The van der Waals surface area contributed by atoms with Gasteiger partial charge in [-0.2, -0.15) is 0 Å². The van der Waals surface area contributed by atoms with E-state index in [1.165, 1.54) is 19.2 Å². The summed E-state index contributed by atoms with van der Waals surface area (Å²) in [5.74, 6) is -0.355. The second-order valence-corrected chi connectivity index (χ2v) is 7.92. The van der Waals surface area contributed by atoms with Crippen LogP contribution in [-0.2, 0) is 16.6 Å². The van der Waals surface area contributed by atoms with Gasteiger partial charge < -0.3 is 5.32 Å². The summed E-state index contributed by atoms with van der Waals surface area (Å²) >= 11 is 6.09. The van der Waals surface area contributed by atoms with E-state index in [-0.39, 0.29) is 16.5 Å². The van der Waals surface area contributed by atoms with Gasteiger partial charge in [0.1, 0.15) is 0 Å². The fourth-order valence-corrected chi connectivity index (χ4v) is 2.85. The van der Waals surface area contributed by atoms with Gasteiger partial charge in [0.25, 0.3) is 5.91 Å². The van der Waals surface area contributed by atoms with Crippen molar-refractivity contribution in [2.24, 2.45) is 0 Å². The van der Waals surface area contributed by atoms with Gasteiger partial charge in [-0.05, 0) is 36.2 Å². The van der Waals surface area contributed by atoms with E-state index in [0.717, 1.165) is 21.7 Å². The molecule has 5 nitrogen and oxygen atoms in total. The Hall–Kier alpha value is -2.05. The molecule has 24 heavy (non-hydrogen) atoms. The molecule has 2 aromatic carbocycles. The molecule has 0 aromatic heterocycles. The first-order valence-corrected chi connectivity index (χ1v) is 9.49. The summed E-state index contributed by atoms with van der Waals surface area (Å²) in [5.41, 5.74) is 2.70. The zero-order valence-electron chi connectivity index (χ0n) is 13.7. The first kappa shape index (κ1) is 18.3. The van der Waals surface area contributed by atoms with Gasteiger partial charge in [-0.25, -0.2) is 8.42 Å². The second-order valence-electron chi connectivity index (χ2n) is 5.50. The average Bonchev–Trinajstić information content (AvgIpc) is 2.52. The van der Waals surface area contributed by atoms with Gasteiger partial charge in [-0.1, -0.05) is 35.9 Å². The normalized spacial score (nSPS) is 11.2. The Bertz CT molecular complexity index is 866. The van der Waals surface area contributed by atoms with E-state index in [4.69, 9.17) is 11.6 Å². The first-order valence-electron chi connectivity index (χ1n) is 7.26. The van der Waals surface area contributed by atoms with Crippen LogP contribution < -0.4 is 9.62 Å². The molecule has 1 amide bonds. The van der Waals surface area contributed by atoms with Crippen LogP contribution in [0.1, 0.15) is 21.5 Å². The molecule has 0 aliphatic rings. The number of carbonyl (C=O) groups excluding carboxylic acids is 1. The molecule has 0 bridgehead atoms. The predicted octanol–water partition coefficient (Wildman–Crippen LogP) is 2.97. The van der Waals surface area contributed by atoms with Gasteiger partial charge >= 0.3 is 0 Å². The molecule has 0 fully saturated rings. The van der Waals surface area contributed by atoms with Gasteiger partial charge in [-0.15, -0.1) is 0 Å². The minimum Gasteiger partial charge on any atom is -0.348 e. The summed E-state index contributed by atoms with van der Waals surface area (Å²) < 4.78 is 24.4. The van der Waals surface area contributed by atoms with Gasteiger partial charge in [0.15, 0.2) is 0 Å². The van der Waals surface area contributed by atoms with Crippen LogP contribution in [0.2, 0.25) is 5.02 Å². The molecule has 2 aromatic rings. The highest BCUT2D eigenvalue weighted by Crippen LogP contribution is 2.24. The van der Waals surface area contributed by atoms with Crippen molar-refractivity contribution in [3.63, 3.8) is 0 Å². The zero-order chi connectivity index (χ0) is 17.9. The summed E-state index contributed by atoms with van der Waals surface area (Å²) in [4.78, 5) is 12.4. The van der Waals surface area contributed by atoms with Crippen molar-refractivity contribution in [2.45, 2.75) is 13.5 Å². The maximum absolute atomic E-state index is 12.4. The second kappa shape index (κ2) is 7.23. The van der Waals surface area contributed by atoms with E-state index < -0.39 is 10.0 Å². The van der Waals surface area contributed by atoms with Crippen molar-refractivity contribution in [2.75, 3.05) is 17.6 Å². The Kier molecular flexibility index (Phi) is 5.51. The number of nitrogens with zero attached hydrogens (tertiary/aromatic N) is 1.